The lowest BCUT2D eigenvalue weighted by Gasteiger charge is -2.37. The Labute approximate surface area is 273 Å². The fourth-order valence-electron chi connectivity index (χ4n) is 6.48. The zero-order chi connectivity index (χ0) is 33.2. The van der Waals surface area contributed by atoms with Crippen molar-refractivity contribution in [1.82, 2.24) is 20.5 Å². The Morgan fingerprint density at radius 3 is 2.55 bits per heavy atom. The van der Waals surface area contributed by atoms with Gasteiger partial charge in [-0.15, -0.1) is 0 Å². The van der Waals surface area contributed by atoms with Gasteiger partial charge in [0, 0.05) is 30.6 Å². The van der Waals surface area contributed by atoms with Crippen LogP contribution in [0.1, 0.15) is 67.7 Å². The minimum absolute atomic E-state index is 0.0556. The van der Waals surface area contributed by atoms with E-state index >= 15 is 0 Å². The van der Waals surface area contributed by atoms with Gasteiger partial charge in [0.1, 0.15) is 23.7 Å². The second-order valence-electron chi connectivity index (χ2n) is 13.0. The van der Waals surface area contributed by atoms with Gasteiger partial charge in [-0.05, 0) is 87.1 Å². The number of likely N-dealkylation sites (tertiary alicyclic amines) is 1. The van der Waals surface area contributed by atoms with Crippen molar-refractivity contribution in [3.8, 4) is 0 Å². The lowest BCUT2D eigenvalue weighted by molar-refractivity contribution is -0.138. The second-order valence-corrected chi connectivity index (χ2v) is 13.0. The number of hydrogen-bond acceptors (Lipinski definition) is 6. The Morgan fingerprint density at radius 1 is 1.04 bits per heavy atom. The van der Waals surface area contributed by atoms with E-state index < -0.39 is 48.3 Å². The summed E-state index contributed by atoms with van der Waals surface area (Å²) >= 11 is 0. The number of anilines is 1. The van der Waals surface area contributed by atoms with Crippen LogP contribution in [0.5, 0.6) is 0 Å². The number of ether oxygens (including phenoxy) is 1. The Morgan fingerprint density at radius 2 is 1.81 bits per heavy atom. The average molecular weight is 646 g/mol. The van der Waals surface area contributed by atoms with Gasteiger partial charge < -0.3 is 25.2 Å². The molecule has 1 saturated carbocycles. The standard InChI is InChI=1S/C36H41F2N5O4/c1-21-18-42(19-22(2)47-21)29-10-11-30(25(15-29)7-6-24-4-5-24)23(3)40-36(46)33-16-28(38)20-43(33)34(44)17-39-35(45)32-12-8-26-14-27(37)9-13-31(26)41-32/h6-15,21-24,28,33H,4-5,16-20H2,1-3H3,(H,39,45)(H,40,46)/b7-6+/t21-,22+,23-,28+,33-/m0/s1. The molecule has 3 amide bonds. The van der Waals surface area contributed by atoms with Crippen LogP contribution in [0.2, 0.25) is 0 Å². The molecule has 47 heavy (non-hydrogen) atoms. The highest BCUT2D eigenvalue weighted by atomic mass is 19.1. The van der Waals surface area contributed by atoms with Gasteiger partial charge >= 0.3 is 0 Å². The van der Waals surface area contributed by atoms with Crippen molar-refractivity contribution in [3.05, 3.63) is 77.2 Å². The molecule has 3 heterocycles. The largest absolute Gasteiger partial charge is 0.372 e. The van der Waals surface area contributed by atoms with E-state index in [0.717, 1.165) is 29.9 Å². The van der Waals surface area contributed by atoms with Crippen LogP contribution >= 0.6 is 0 Å². The number of halogens is 2. The Bertz CT molecular complexity index is 1690. The third-order valence-electron chi connectivity index (χ3n) is 9.01. The molecule has 6 rings (SSSR count). The van der Waals surface area contributed by atoms with Crippen molar-refractivity contribution in [1.29, 1.82) is 0 Å². The lowest BCUT2D eigenvalue weighted by atomic mass is 9.98. The first-order valence-corrected chi connectivity index (χ1v) is 16.3. The number of nitrogens with zero attached hydrogens (tertiary/aromatic N) is 3. The number of carbonyl (C=O) groups is 3. The maximum Gasteiger partial charge on any atom is 0.270 e. The number of nitrogens with one attached hydrogen (secondary N) is 2. The molecule has 5 atom stereocenters. The third-order valence-corrected chi connectivity index (χ3v) is 9.01. The normalized spacial score (nSPS) is 23.7. The summed E-state index contributed by atoms with van der Waals surface area (Å²) in [7, 11) is 0. The van der Waals surface area contributed by atoms with Crippen LogP contribution in [-0.2, 0) is 14.3 Å². The minimum Gasteiger partial charge on any atom is -0.372 e. The molecule has 2 N–H and O–H groups in total. The van der Waals surface area contributed by atoms with E-state index in [1.54, 1.807) is 6.07 Å². The summed E-state index contributed by atoms with van der Waals surface area (Å²) in [5.74, 6) is -1.46. The van der Waals surface area contributed by atoms with Crippen LogP contribution in [0.4, 0.5) is 14.5 Å². The first-order chi connectivity index (χ1) is 22.5. The molecule has 248 valence electrons. The quantitative estimate of drug-likeness (QED) is 0.341. The van der Waals surface area contributed by atoms with Crippen molar-refractivity contribution in [2.24, 2.45) is 5.92 Å². The maximum absolute atomic E-state index is 14.6. The number of pyridine rings is 1. The minimum atomic E-state index is -1.36. The average Bonchev–Trinajstić information content (AvgIpc) is 3.79. The highest BCUT2D eigenvalue weighted by Crippen LogP contribution is 2.33. The summed E-state index contributed by atoms with van der Waals surface area (Å²) in [4.78, 5) is 47.2. The van der Waals surface area contributed by atoms with Gasteiger partial charge in [-0.2, -0.15) is 0 Å². The number of carbonyl (C=O) groups excluding carboxylic acids is 3. The van der Waals surface area contributed by atoms with Gasteiger partial charge in [-0.3, -0.25) is 14.4 Å². The van der Waals surface area contributed by atoms with Crippen molar-refractivity contribution in [2.45, 2.75) is 70.5 Å². The predicted octanol–water partition coefficient (Wildman–Crippen LogP) is 4.96. The van der Waals surface area contributed by atoms with E-state index in [2.05, 4.69) is 58.6 Å². The summed E-state index contributed by atoms with van der Waals surface area (Å²) < 4.78 is 34.1. The first kappa shape index (κ1) is 32.6. The molecule has 2 aromatic carbocycles. The summed E-state index contributed by atoms with van der Waals surface area (Å²) in [6, 6.07) is 11.9. The van der Waals surface area contributed by atoms with Gasteiger partial charge in [-0.25, -0.2) is 13.8 Å². The van der Waals surface area contributed by atoms with Crippen LogP contribution in [0.25, 0.3) is 17.0 Å². The summed E-state index contributed by atoms with van der Waals surface area (Å²) in [5.41, 5.74) is 3.51. The third kappa shape index (κ3) is 7.78. The number of fused-ring (bicyclic) bond motifs is 1. The van der Waals surface area contributed by atoms with Crippen molar-refractivity contribution >= 4 is 40.4 Å². The maximum atomic E-state index is 14.6. The fourth-order valence-corrected chi connectivity index (χ4v) is 6.48. The van der Waals surface area contributed by atoms with Crippen molar-refractivity contribution in [2.75, 3.05) is 31.1 Å². The van der Waals surface area contributed by atoms with Gasteiger partial charge in [0.2, 0.25) is 11.8 Å². The number of rotatable bonds is 9. The molecule has 3 aliphatic rings. The zero-order valence-electron chi connectivity index (χ0n) is 26.9. The van der Waals surface area contributed by atoms with E-state index in [-0.39, 0.29) is 30.9 Å². The number of hydrogen-bond donors (Lipinski definition) is 2. The SMILES string of the molecule is C[C@@H]1CN(c2ccc([C@H](C)NC(=O)[C@@H]3C[C@@H](F)CN3C(=O)CNC(=O)c3ccc4cc(F)ccc4n3)c(/C=C/C3CC3)c2)C[C@H](C)O1. The molecule has 1 aromatic heterocycles. The number of alkyl halides is 1. The number of amides is 3. The molecule has 0 unspecified atom stereocenters. The topological polar surface area (TPSA) is 104 Å². The molecule has 1 aliphatic carbocycles. The molecule has 0 bridgehead atoms. The molecular formula is C36H41F2N5O4. The molecule has 11 heteroatoms. The van der Waals surface area contributed by atoms with Crippen LogP contribution in [0.3, 0.4) is 0 Å². The molecule has 3 aromatic rings. The Kier molecular flexibility index (Phi) is 9.54. The Balaban J connectivity index is 1.11. The van der Waals surface area contributed by atoms with E-state index in [1.165, 1.54) is 42.0 Å². The van der Waals surface area contributed by atoms with Crippen molar-refractivity contribution < 1.29 is 27.9 Å². The van der Waals surface area contributed by atoms with Gasteiger partial charge in [0.15, 0.2) is 0 Å². The molecular weight excluding hydrogens is 604 g/mol. The van der Waals surface area contributed by atoms with Crippen LogP contribution in [0.15, 0.2) is 54.6 Å². The number of morpholine rings is 1. The number of benzene rings is 2. The molecule has 2 aliphatic heterocycles. The molecule has 0 radical (unpaired) electrons. The summed E-state index contributed by atoms with van der Waals surface area (Å²) in [6.07, 6.45) is 5.44. The van der Waals surface area contributed by atoms with Crippen molar-refractivity contribution in [3.63, 3.8) is 0 Å². The number of aromatic nitrogens is 1. The summed E-state index contributed by atoms with van der Waals surface area (Å²) in [5, 5.41) is 6.08. The monoisotopic (exact) mass is 645 g/mol. The highest BCUT2D eigenvalue weighted by molar-refractivity contribution is 5.97. The summed E-state index contributed by atoms with van der Waals surface area (Å²) in [6.45, 7) is 6.95. The number of allylic oxidation sites excluding steroid dienone is 1. The lowest BCUT2D eigenvalue weighted by Crippen LogP contribution is -2.49. The molecule has 0 spiro atoms. The van der Waals surface area contributed by atoms with E-state index in [1.807, 2.05) is 13.0 Å². The molecule has 9 nitrogen and oxygen atoms in total. The Hall–Kier alpha value is -4.38. The van der Waals surface area contributed by atoms with E-state index in [4.69, 9.17) is 4.74 Å². The van der Waals surface area contributed by atoms with Crippen LogP contribution in [-0.4, -0.2) is 78.2 Å². The second kappa shape index (κ2) is 13.8. The van der Waals surface area contributed by atoms with Gasteiger partial charge in [-0.1, -0.05) is 24.3 Å². The van der Waals surface area contributed by atoms with Crippen LogP contribution in [0, 0.1) is 11.7 Å². The van der Waals surface area contributed by atoms with E-state index in [0.29, 0.717) is 16.8 Å². The smallest absolute Gasteiger partial charge is 0.270 e. The molecule has 2 saturated heterocycles. The highest BCUT2D eigenvalue weighted by Gasteiger charge is 2.40. The first-order valence-electron chi connectivity index (χ1n) is 16.3. The zero-order valence-corrected chi connectivity index (χ0v) is 26.9. The van der Waals surface area contributed by atoms with Gasteiger partial charge in [0.25, 0.3) is 5.91 Å². The van der Waals surface area contributed by atoms with Gasteiger partial charge in [0.05, 0.1) is 36.9 Å². The van der Waals surface area contributed by atoms with E-state index in [9.17, 15) is 23.2 Å². The predicted molar refractivity (Wildman–Crippen MR) is 176 cm³/mol. The fraction of sp³-hybridized carbons (Fsp3) is 0.444. The molecule has 3 fully saturated rings. The van der Waals surface area contributed by atoms with Crippen LogP contribution < -0.4 is 15.5 Å².